The van der Waals surface area contributed by atoms with Crippen LogP contribution in [0.25, 0.3) is 5.69 Å². The topological polar surface area (TPSA) is 69.0 Å². The van der Waals surface area contributed by atoms with E-state index in [2.05, 4.69) is 32.2 Å². The van der Waals surface area contributed by atoms with E-state index in [4.69, 9.17) is 4.74 Å². The Kier molecular flexibility index (Phi) is 5.26. The van der Waals surface area contributed by atoms with Crippen LogP contribution in [0.15, 0.2) is 35.5 Å². The summed E-state index contributed by atoms with van der Waals surface area (Å²) < 4.78 is 7.67. The maximum atomic E-state index is 12.5. The van der Waals surface area contributed by atoms with E-state index in [1.54, 1.807) is 0 Å². The van der Waals surface area contributed by atoms with Gasteiger partial charge in [-0.1, -0.05) is 30.0 Å². The summed E-state index contributed by atoms with van der Waals surface area (Å²) in [6.07, 6.45) is 4.58. The van der Waals surface area contributed by atoms with Crippen molar-refractivity contribution >= 4 is 17.7 Å². The Morgan fingerprint density at radius 2 is 2.12 bits per heavy atom. The molecular formula is C19H24N4O2S. The molecule has 1 aliphatic heterocycles. The molecule has 4 rings (SSSR count). The number of nitrogens with one attached hydrogen (secondary N) is 1. The van der Waals surface area contributed by atoms with E-state index in [1.165, 1.54) is 11.8 Å². The molecule has 2 heterocycles. The lowest BCUT2D eigenvalue weighted by Gasteiger charge is -2.15. The first-order chi connectivity index (χ1) is 12.7. The van der Waals surface area contributed by atoms with Gasteiger partial charge in [-0.05, 0) is 44.7 Å². The third-order valence-electron chi connectivity index (χ3n) is 4.79. The van der Waals surface area contributed by atoms with Gasteiger partial charge in [0, 0.05) is 24.8 Å². The van der Waals surface area contributed by atoms with Gasteiger partial charge in [0.05, 0.1) is 11.4 Å². The van der Waals surface area contributed by atoms with Gasteiger partial charge >= 0.3 is 0 Å². The number of benzene rings is 1. The zero-order valence-electron chi connectivity index (χ0n) is 14.9. The van der Waals surface area contributed by atoms with Gasteiger partial charge < -0.3 is 10.1 Å². The van der Waals surface area contributed by atoms with Crippen molar-refractivity contribution in [1.29, 1.82) is 0 Å². The highest BCUT2D eigenvalue weighted by Gasteiger charge is 2.32. The monoisotopic (exact) mass is 372 g/mol. The van der Waals surface area contributed by atoms with Crippen molar-refractivity contribution in [2.24, 2.45) is 0 Å². The van der Waals surface area contributed by atoms with Gasteiger partial charge in [0.15, 0.2) is 5.16 Å². The maximum Gasteiger partial charge on any atom is 0.233 e. The third-order valence-corrected chi connectivity index (χ3v) is 5.84. The number of thioether (sulfide) groups is 1. The lowest BCUT2D eigenvalue weighted by Crippen LogP contribution is -2.36. The van der Waals surface area contributed by atoms with Crippen LogP contribution in [0.4, 0.5) is 0 Å². The van der Waals surface area contributed by atoms with Crippen LogP contribution in [0, 0.1) is 0 Å². The molecule has 2 aromatic rings. The Balaban J connectivity index is 1.46. The van der Waals surface area contributed by atoms with Crippen LogP contribution in [0.2, 0.25) is 0 Å². The molecule has 1 aliphatic carbocycles. The molecule has 2 atom stereocenters. The lowest BCUT2D eigenvalue weighted by atomic mass is 10.2. The first-order valence-corrected chi connectivity index (χ1v) is 10.2. The lowest BCUT2D eigenvalue weighted by molar-refractivity contribution is -0.120. The van der Waals surface area contributed by atoms with Crippen LogP contribution in [-0.2, 0) is 9.53 Å². The molecule has 0 bridgehead atoms. The largest absolute Gasteiger partial charge is 0.376 e. The molecule has 7 heteroatoms. The first-order valence-electron chi connectivity index (χ1n) is 9.29. The van der Waals surface area contributed by atoms with E-state index in [0.717, 1.165) is 49.0 Å². The number of carbonyl (C=O) groups excluding carboxylic acids is 1. The molecule has 26 heavy (non-hydrogen) atoms. The van der Waals surface area contributed by atoms with Gasteiger partial charge in [0.1, 0.15) is 5.82 Å². The van der Waals surface area contributed by atoms with Crippen LogP contribution >= 0.6 is 11.8 Å². The van der Waals surface area contributed by atoms with Crippen LogP contribution in [-0.4, -0.2) is 45.2 Å². The van der Waals surface area contributed by atoms with Gasteiger partial charge in [0.25, 0.3) is 0 Å². The summed E-state index contributed by atoms with van der Waals surface area (Å²) in [6, 6.07) is 10.1. The maximum absolute atomic E-state index is 12.5. The molecule has 1 aromatic carbocycles. The molecule has 0 unspecified atom stereocenters. The summed E-state index contributed by atoms with van der Waals surface area (Å²) in [7, 11) is 0. The highest BCUT2D eigenvalue weighted by atomic mass is 32.2. The SMILES string of the molecule is C[C@@H](Sc1nnc(C2CC2)n1-c1ccccc1)C(=O)NC[C@H]1CCCO1. The van der Waals surface area contributed by atoms with E-state index in [-0.39, 0.29) is 17.3 Å². The van der Waals surface area contributed by atoms with Gasteiger partial charge in [-0.2, -0.15) is 0 Å². The smallest absolute Gasteiger partial charge is 0.233 e. The predicted octanol–water partition coefficient (Wildman–Crippen LogP) is 2.92. The Morgan fingerprint density at radius 3 is 2.81 bits per heavy atom. The van der Waals surface area contributed by atoms with E-state index < -0.39 is 0 Å². The normalized spacial score (nSPS) is 20.9. The van der Waals surface area contributed by atoms with Gasteiger partial charge in [-0.25, -0.2) is 0 Å². The number of carbonyl (C=O) groups is 1. The molecule has 2 fully saturated rings. The fourth-order valence-electron chi connectivity index (χ4n) is 3.16. The summed E-state index contributed by atoms with van der Waals surface area (Å²) in [5, 5.41) is 12.3. The minimum atomic E-state index is -0.241. The second-order valence-electron chi connectivity index (χ2n) is 6.93. The van der Waals surface area contributed by atoms with Crippen molar-refractivity contribution in [2.45, 2.75) is 55.0 Å². The number of rotatable bonds is 7. The van der Waals surface area contributed by atoms with Crippen molar-refractivity contribution in [3.63, 3.8) is 0 Å². The Bertz CT molecular complexity index is 754. The van der Waals surface area contributed by atoms with Crippen molar-refractivity contribution in [2.75, 3.05) is 13.2 Å². The third kappa shape index (κ3) is 3.94. The predicted molar refractivity (Wildman–Crippen MR) is 101 cm³/mol. The minimum Gasteiger partial charge on any atom is -0.376 e. The van der Waals surface area contributed by atoms with Gasteiger partial charge in [-0.3, -0.25) is 9.36 Å². The second-order valence-corrected chi connectivity index (χ2v) is 8.23. The number of amides is 1. The summed E-state index contributed by atoms with van der Waals surface area (Å²) in [5.41, 5.74) is 1.05. The highest BCUT2D eigenvalue weighted by molar-refractivity contribution is 8.00. The van der Waals surface area contributed by atoms with E-state index in [1.807, 2.05) is 25.1 Å². The molecule has 1 N–H and O–H groups in total. The van der Waals surface area contributed by atoms with Crippen LogP contribution in [0.5, 0.6) is 0 Å². The molecule has 1 saturated heterocycles. The fourth-order valence-corrected chi connectivity index (χ4v) is 4.06. The van der Waals surface area contributed by atoms with E-state index in [0.29, 0.717) is 12.5 Å². The van der Waals surface area contributed by atoms with E-state index in [9.17, 15) is 4.79 Å². The first kappa shape index (κ1) is 17.5. The van der Waals surface area contributed by atoms with Crippen LogP contribution in [0.1, 0.15) is 44.3 Å². The molecule has 1 aromatic heterocycles. The number of hydrogen-bond donors (Lipinski definition) is 1. The number of para-hydroxylation sites is 1. The molecular weight excluding hydrogens is 348 g/mol. The molecule has 1 saturated carbocycles. The molecule has 138 valence electrons. The summed E-state index contributed by atoms with van der Waals surface area (Å²) in [6.45, 7) is 3.30. The van der Waals surface area contributed by atoms with E-state index >= 15 is 0 Å². The Hall–Kier alpha value is -1.86. The fraction of sp³-hybridized carbons (Fsp3) is 0.526. The molecule has 0 spiro atoms. The Labute approximate surface area is 157 Å². The number of hydrogen-bond acceptors (Lipinski definition) is 5. The number of aromatic nitrogens is 3. The highest BCUT2D eigenvalue weighted by Crippen LogP contribution is 2.41. The summed E-state index contributed by atoms with van der Waals surface area (Å²) in [5.74, 6) is 1.51. The molecule has 2 aliphatic rings. The average Bonchev–Trinajstić information content (AvgIpc) is 3.21. The number of ether oxygens (including phenoxy) is 1. The summed E-state index contributed by atoms with van der Waals surface area (Å²) >= 11 is 1.46. The van der Waals surface area contributed by atoms with Crippen molar-refractivity contribution in [3.05, 3.63) is 36.2 Å². The zero-order valence-corrected chi connectivity index (χ0v) is 15.7. The molecule has 6 nitrogen and oxygen atoms in total. The van der Waals surface area contributed by atoms with Crippen LogP contribution in [0.3, 0.4) is 0 Å². The van der Waals surface area contributed by atoms with Gasteiger partial charge in [0.2, 0.25) is 5.91 Å². The molecule has 1 amide bonds. The summed E-state index contributed by atoms with van der Waals surface area (Å²) in [4.78, 5) is 12.5. The van der Waals surface area contributed by atoms with Crippen molar-refractivity contribution < 1.29 is 9.53 Å². The average molecular weight is 372 g/mol. The quantitative estimate of drug-likeness (QED) is 0.757. The van der Waals surface area contributed by atoms with Crippen LogP contribution < -0.4 is 5.32 Å². The van der Waals surface area contributed by atoms with Crippen molar-refractivity contribution in [3.8, 4) is 5.69 Å². The van der Waals surface area contributed by atoms with Crippen molar-refractivity contribution in [1.82, 2.24) is 20.1 Å². The number of nitrogens with zero attached hydrogens (tertiary/aromatic N) is 3. The molecule has 0 radical (unpaired) electrons. The Morgan fingerprint density at radius 1 is 1.31 bits per heavy atom. The zero-order chi connectivity index (χ0) is 17.9. The second kappa shape index (κ2) is 7.80. The standard InChI is InChI=1S/C19H24N4O2S/c1-13(18(24)20-12-16-8-5-11-25-16)26-19-22-21-17(14-9-10-14)23(19)15-6-3-2-4-7-15/h2-4,6-7,13-14,16H,5,8-12H2,1H3,(H,20,24)/t13-,16-/m1/s1. The van der Waals surface area contributed by atoms with Gasteiger partial charge in [-0.15, -0.1) is 10.2 Å². The minimum absolute atomic E-state index is 0.0149.